The lowest BCUT2D eigenvalue weighted by molar-refractivity contribution is 0.645. The van der Waals surface area contributed by atoms with Gasteiger partial charge in [-0.2, -0.15) is 5.26 Å². The van der Waals surface area contributed by atoms with E-state index in [9.17, 15) is 5.26 Å². The van der Waals surface area contributed by atoms with E-state index in [4.69, 9.17) is 4.98 Å². The lowest BCUT2D eigenvalue weighted by Crippen LogP contribution is -2.25. The highest BCUT2D eigenvalue weighted by molar-refractivity contribution is 5.84. The average molecular weight is 280 g/mol. The molecule has 0 radical (unpaired) electrons. The lowest BCUT2D eigenvalue weighted by Gasteiger charge is -2.22. The van der Waals surface area contributed by atoms with Crippen molar-refractivity contribution >= 4 is 16.7 Å². The molecule has 0 bridgehead atoms. The van der Waals surface area contributed by atoms with E-state index >= 15 is 0 Å². The summed E-state index contributed by atoms with van der Waals surface area (Å²) in [5.74, 6) is 0.804. The van der Waals surface area contributed by atoms with Crippen LogP contribution >= 0.6 is 0 Å². The van der Waals surface area contributed by atoms with Gasteiger partial charge in [0.05, 0.1) is 11.1 Å². The highest BCUT2D eigenvalue weighted by Crippen LogP contribution is 2.27. The first-order chi connectivity index (χ1) is 10.3. The van der Waals surface area contributed by atoms with Crippen LogP contribution in [0.3, 0.4) is 0 Å². The monoisotopic (exact) mass is 280 g/mol. The quantitative estimate of drug-likeness (QED) is 0.939. The number of nitriles is 1. The third-order valence-electron chi connectivity index (χ3n) is 4.19. The first-order valence-electron chi connectivity index (χ1n) is 7.59. The van der Waals surface area contributed by atoms with Gasteiger partial charge >= 0.3 is 0 Å². The van der Waals surface area contributed by atoms with E-state index < -0.39 is 0 Å². The number of pyridine rings is 1. The second kappa shape index (κ2) is 5.71. The summed E-state index contributed by atoms with van der Waals surface area (Å²) < 4.78 is 0. The Hall–Kier alpha value is -2.12. The molecule has 0 saturated heterocycles. The van der Waals surface area contributed by atoms with Crippen LogP contribution in [0.2, 0.25) is 0 Å². The van der Waals surface area contributed by atoms with Gasteiger partial charge in [-0.05, 0) is 56.1 Å². The zero-order valence-corrected chi connectivity index (χ0v) is 12.6. The van der Waals surface area contributed by atoms with Crippen molar-refractivity contribution in [3.63, 3.8) is 0 Å². The summed E-state index contributed by atoms with van der Waals surface area (Å²) in [4.78, 5) is 6.91. The molecule has 21 heavy (non-hydrogen) atoms. The van der Waals surface area contributed by atoms with Crippen LogP contribution in [0.1, 0.15) is 30.5 Å². The minimum Gasteiger partial charge on any atom is -0.356 e. The Morgan fingerprint density at radius 2 is 2.05 bits per heavy atom. The number of fused-ring (bicyclic) bond motifs is 2. The molecule has 1 aromatic heterocycles. The van der Waals surface area contributed by atoms with Crippen LogP contribution in [0, 0.1) is 11.3 Å². The second-order valence-electron chi connectivity index (χ2n) is 5.38. The number of aromatic nitrogens is 1. The molecule has 2 heterocycles. The Labute approximate surface area is 125 Å². The standard InChI is InChI=1S/C17H20N4/c1-3-21(4-2)17-14(10-18)8-13-7-12-5-6-19-11-15(12)9-16(13)20-17/h7-9,19H,3-6,11H2,1-2H3. The van der Waals surface area contributed by atoms with Crippen LogP contribution in [-0.4, -0.2) is 24.6 Å². The summed E-state index contributed by atoms with van der Waals surface area (Å²) in [5, 5.41) is 13.9. The molecule has 3 rings (SSSR count). The molecule has 1 aliphatic rings. The predicted octanol–water partition coefficient (Wildman–Crippen LogP) is 2.60. The molecule has 0 saturated carbocycles. The Kier molecular flexibility index (Phi) is 3.76. The molecule has 0 aliphatic carbocycles. The van der Waals surface area contributed by atoms with Crippen molar-refractivity contribution in [2.24, 2.45) is 0 Å². The first-order valence-corrected chi connectivity index (χ1v) is 7.59. The Morgan fingerprint density at radius 3 is 2.76 bits per heavy atom. The van der Waals surface area contributed by atoms with Gasteiger partial charge in [0.25, 0.3) is 0 Å². The number of anilines is 1. The van der Waals surface area contributed by atoms with Crippen molar-refractivity contribution in [3.05, 3.63) is 34.9 Å². The fourth-order valence-corrected chi connectivity index (χ4v) is 2.99. The number of rotatable bonds is 3. The van der Waals surface area contributed by atoms with Gasteiger partial charge in [0.2, 0.25) is 0 Å². The lowest BCUT2D eigenvalue weighted by atomic mass is 9.98. The molecular weight excluding hydrogens is 260 g/mol. The Morgan fingerprint density at radius 1 is 1.24 bits per heavy atom. The fourth-order valence-electron chi connectivity index (χ4n) is 2.99. The van der Waals surface area contributed by atoms with Gasteiger partial charge < -0.3 is 10.2 Å². The molecule has 0 atom stereocenters. The van der Waals surface area contributed by atoms with Crippen LogP contribution in [-0.2, 0) is 13.0 Å². The Balaban J connectivity index is 2.19. The third kappa shape index (κ3) is 2.45. The SMILES string of the molecule is CCN(CC)c1nc2cc3c(cc2cc1C#N)CCNC3. The van der Waals surface area contributed by atoms with E-state index in [1.54, 1.807) is 0 Å². The van der Waals surface area contributed by atoms with E-state index in [0.717, 1.165) is 49.3 Å². The molecule has 1 aliphatic heterocycles. The minimum atomic E-state index is 0.667. The van der Waals surface area contributed by atoms with Gasteiger partial charge in [0.1, 0.15) is 11.9 Å². The van der Waals surface area contributed by atoms with Crippen LogP contribution < -0.4 is 10.2 Å². The summed E-state index contributed by atoms with van der Waals surface area (Å²) in [5.41, 5.74) is 4.36. The summed E-state index contributed by atoms with van der Waals surface area (Å²) >= 11 is 0. The van der Waals surface area contributed by atoms with Gasteiger partial charge in [-0.1, -0.05) is 0 Å². The van der Waals surface area contributed by atoms with Gasteiger partial charge in [-0.3, -0.25) is 0 Å². The van der Waals surface area contributed by atoms with Crippen molar-refractivity contribution < 1.29 is 0 Å². The summed E-state index contributed by atoms with van der Waals surface area (Å²) in [6, 6.07) is 8.66. The molecule has 0 unspecified atom stereocenters. The summed E-state index contributed by atoms with van der Waals surface area (Å²) in [7, 11) is 0. The summed E-state index contributed by atoms with van der Waals surface area (Å²) in [6.45, 7) is 7.83. The van der Waals surface area contributed by atoms with Crippen molar-refractivity contribution in [1.82, 2.24) is 10.3 Å². The van der Waals surface area contributed by atoms with E-state index in [1.807, 2.05) is 6.07 Å². The summed E-state index contributed by atoms with van der Waals surface area (Å²) in [6.07, 6.45) is 1.05. The highest BCUT2D eigenvalue weighted by Gasteiger charge is 2.15. The number of hydrogen-bond acceptors (Lipinski definition) is 4. The zero-order valence-electron chi connectivity index (χ0n) is 12.6. The normalized spacial score (nSPS) is 13.8. The topological polar surface area (TPSA) is 52.0 Å². The molecule has 0 fully saturated rings. The van der Waals surface area contributed by atoms with Crippen molar-refractivity contribution in [2.45, 2.75) is 26.8 Å². The molecule has 4 nitrogen and oxygen atoms in total. The maximum Gasteiger partial charge on any atom is 0.147 e. The molecule has 4 heteroatoms. The first kappa shape index (κ1) is 13.8. The van der Waals surface area contributed by atoms with E-state index in [2.05, 4.69) is 42.3 Å². The maximum absolute atomic E-state index is 9.43. The van der Waals surface area contributed by atoms with E-state index in [-0.39, 0.29) is 0 Å². The van der Waals surface area contributed by atoms with Gasteiger partial charge in [-0.25, -0.2) is 4.98 Å². The van der Waals surface area contributed by atoms with Crippen LogP contribution in [0.15, 0.2) is 18.2 Å². The van der Waals surface area contributed by atoms with Crippen LogP contribution in [0.4, 0.5) is 5.82 Å². The largest absolute Gasteiger partial charge is 0.356 e. The van der Waals surface area contributed by atoms with Crippen LogP contribution in [0.25, 0.3) is 10.9 Å². The smallest absolute Gasteiger partial charge is 0.147 e. The third-order valence-corrected chi connectivity index (χ3v) is 4.19. The Bertz CT molecular complexity index is 711. The molecule has 1 N–H and O–H groups in total. The molecule has 2 aromatic rings. The van der Waals surface area contributed by atoms with E-state index in [0.29, 0.717) is 5.56 Å². The van der Waals surface area contributed by atoms with E-state index in [1.165, 1.54) is 11.1 Å². The van der Waals surface area contributed by atoms with Gasteiger partial charge in [0.15, 0.2) is 0 Å². The molecule has 1 aromatic carbocycles. The van der Waals surface area contributed by atoms with Crippen molar-refractivity contribution in [2.75, 3.05) is 24.5 Å². The van der Waals surface area contributed by atoms with Gasteiger partial charge in [-0.15, -0.1) is 0 Å². The molecule has 108 valence electrons. The fraction of sp³-hybridized carbons (Fsp3) is 0.412. The number of benzene rings is 1. The molecule has 0 spiro atoms. The van der Waals surface area contributed by atoms with Crippen molar-refractivity contribution in [1.29, 1.82) is 5.26 Å². The van der Waals surface area contributed by atoms with Gasteiger partial charge in [0, 0.05) is 25.0 Å². The zero-order chi connectivity index (χ0) is 14.8. The number of nitrogens with zero attached hydrogens (tertiary/aromatic N) is 3. The number of nitrogens with one attached hydrogen (secondary N) is 1. The van der Waals surface area contributed by atoms with Crippen molar-refractivity contribution in [3.8, 4) is 6.07 Å². The predicted molar refractivity (Wildman–Crippen MR) is 85.4 cm³/mol. The maximum atomic E-state index is 9.43. The van der Waals surface area contributed by atoms with Crippen LogP contribution in [0.5, 0.6) is 0 Å². The highest BCUT2D eigenvalue weighted by atomic mass is 15.2. The minimum absolute atomic E-state index is 0.667. The average Bonchev–Trinajstić information content (AvgIpc) is 2.53. The second-order valence-corrected chi connectivity index (χ2v) is 5.38. The number of hydrogen-bond donors (Lipinski definition) is 1. The molecular formula is C17H20N4. The molecule has 0 amide bonds.